The maximum absolute atomic E-state index is 10.2. The molecule has 1 nitrogen and oxygen atoms in total. The van der Waals surface area contributed by atoms with Crippen molar-refractivity contribution in [1.29, 1.82) is 0 Å². The van der Waals surface area contributed by atoms with Crippen LogP contribution in [0.3, 0.4) is 0 Å². The summed E-state index contributed by atoms with van der Waals surface area (Å²) >= 11 is 0. The number of rotatable bonds is 2. The summed E-state index contributed by atoms with van der Waals surface area (Å²) in [6.45, 7) is 10.5. The van der Waals surface area contributed by atoms with Gasteiger partial charge in [-0.2, -0.15) is 0 Å². The molecule has 0 aromatic rings. The highest BCUT2D eigenvalue weighted by molar-refractivity contribution is 5.29. The normalized spacial score (nSPS) is 30.0. The third kappa shape index (κ3) is 1.54. The Hall–Kier alpha value is -0.300. The van der Waals surface area contributed by atoms with Gasteiger partial charge in [-0.1, -0.05) is 25.0 Å². The predicted molar refractivity (Wildman–Crippen MR) is 56.6 cm³/mol. The van der Waals surface area contributed by atoms with E-state index in [9.17, 15) is 5.11 Å². The minimum Gasteiger partial charge on any atom is -0.390 e. The van der Waals surface area contributed by atoms with Crippen LogP contribution in [-0.2, 0) is 0 Å². The van der Waals surface area contributed by atoms with Crippen LogP contribution in [0, 0.1) is 5.41 Å². The first-order valence-corrected chi connectivity index (χ1v) is 5.24. The Morgan fingerprint density at radius 2 is 2.00 bits per heavy atom. The van der Waals surface area contributed by atoms with Gasteiger partial charge in [-0.25, -0.2) is 0 Å². The minimum atomic E-state index is -0.587. The van der Waals surface area contributed by atoms with Crippen molar-refractivity contribution in [3.63, 3.8) is 0 Å². The van der Waals surface area contributed by atoms with Crippen LogP contribution in [0.2, 0.25) is 0 Å². The van der Waals surface area contributed by atoms with E-state index < -0.39 is 5.60 Å². The molecule has 0 spiro atoms. The molecule has 0 fully saturated rings. The highest BCUT2D eigenvalue weighted by atomic mass is 16.3. The second-order valence-corrected chi connectivity index (χ2v) is 5.00. The lowest BCUT2D eigenvalue weighted by Crippen LogP contribution is -2.41. The molecule has 1 heteroatoms. The molecule has 1 aliphatic carbocycles. The van der Waals surface area contributed by atoms with Gasteiger partial charge >= 0.3 is 0 Å². The first kappa shape index (κ1) is 10.8. The van der Waals surface area contributed by atoms with Crippen molar-refractivity contribution in [2.75, 3.05) is 0 Å². The molecule has 1 atom stereocenters. The molecule has 1 N–H and O–H groups in total. The van der Waals surface area contributed by atoms with E-state index in [0.29, 0.717) is 0 Å². The zero-order valence-corrected chi connectivity index (χ0v) is 9.57. The smallest absolute Gasteiger partial charge is 0.0682 e. The van der Waals surface area contributed by atoms with Crippen molar-refractivity contribution in [3.8, 4) is 0 Å². The molecule has 0 amide bonds. The number of allylic oxidation sites excluding steroid dienone is 1. The van der Waals surface area contributed by atoms with Gasteiger partial charge < -0.3 is 5.11 Å². The van der Waals surface area contributed by atoms with Crippen molar-refractivity contribution in [2.45, 2.75) is 59.5 Å². The lowest BCUT2D eigenvalue weighted by Gasteiger charge is -2.40. The molecule has 0 bridgehead atoms. The fraction of sp³-hybridized carbons (Fsp3) is 0.833. The van der Waals surface area contributed by atoms with Gasteiger partial charge in [0.2, 0.25) is 0 Å². The van der Waals surface area contributed by atoms with Crippen molar-refractivity contribution in [2.24, 2.45) is 5.41 Å². The van der Waals surface area contributed by atoms with E-state index in [4.69, 9.17) is 0 Å². The summed E-state index contributed by atoms with van der Waals surface area (Å²) in [5.74, 6) is 0. The second kappa shape index (κ2) is 3.13. The minimum absolute atomic E-state index is 0.00579. The summed E-state index contributed by atoms with van der Waals surface area (Å²) in [6.07, 6.45) is 3.33. The molecule has 0 saturated carbocycles. The summed E-state index contributed by atoms with van der Waals surface area (Å²) in [5, 5.41) is 10.2. The zero-order valence-electron chi connectivity index (χ0n) is 9.57. The van der Waals surface area contributed by atoms with Gasteiger partial charge in [-0.3, -0.25) is 0 Å². The Kier molecular flexibility index (Phi) is 2.59. The molecule has 0 aromatic carbocycles. The van der Waals surface area contributed by atoms with Gasteiger partial charge in [-0.05, 0) is 40.0 Å². The van der Waals surface area contributed by atoms with Crippen molar-refractivity contribution in [3.05, 3.63) is 11.1 Å². The van der Waals surface area contributed by atoms with Gasteiger partial charge in [0, 0.05) is 5.41 Å². The van der Waals surface area contributed by atoms with Crippen LogP contribution in [0.5, 0.6) is 0 Å². The van der Waals surface area contributed by atoms with Crippen LogP contribution >= 0.6 is 0 Å². The monoisotopic (exact) mass is 182 g/mol. The first-order valence-electron chi connectivity index (χ1n) is 5.24. The van der Waals surface area contributed by atoms with Crippen LogP contribution in [0.25, 0.3) is 0 Å². The fourth-order valence-electron chi connectivity index (χ4n) is 2.58. The van der Waals surface area contributed by atoms with Gasteiger partial charge in [0.1, 0.15) is 0 Å². The van der Waals surface area contributed by atoms with Crippen LogP contribution in [0.4, 0.5) is 0 Å². The van der Waals surface area contributed by atoms with Crippen molar-refractivity contribution >= 4 is 0 Å². The van der Waals surface area contributed by atoms with Crippen molar-refractivity contribution < 1.29 is 5.11 Å². The predicted octanol–water partition coefficient (Wildman–Crippen LogP) is 3.28. The molecule has 0 radical (unpaired) electrons. The molecule has 0 heterocycles. The van der Waals surface area contributed by atoms with E-state index in [0.717, 1.165) is 19.3 Å². The summed E-state index contributed by atoms with van der Waals surface area (Å²) < 4.78 is 0. The summed E-state index contributed by atoms with van der Waals surface area (Å²) in [7, 11) is 0. The molecular weight excluding hydrogens is 160 g/mol. The van der Waals surface area contributed by atoms with E-state index in [2.05, 4.69) is 20.8 Å². The maximum atomic E-state index is 10.2. The fourth-order valence-corrected chi connectivity index (χ4v) is 2.58. The van der Waals surface area contributed by atoms with Crippen LogP contribution in [0.15, 0.2) is 11.1 Å². The van der Waals surface area contributed by atoms with E-state index >= 15 is 0 Å². The Labute approximate surface area is 81.9 Å². The van der Waals surface area contributed by atoms with Crippen molar-refractivity contribution in [1.82, 2.24) is 0 Å². The van der Waals surface area contributed by atoms with Crippen LogP contribution in [-0.4, -0.2) is 10.7 Å². The Morgan fingerprint density at radius 3 is 2.31 bits per heavy atom. The Bertz CT molecular complexity index is 232. The molecule has 1 unspecified atom stereocenters. The van der Waals surface area contributed by atoms with Gasteiger partial charge in [-0.15, -0.1) is 0 Å². The highest BCUT2D eigenvalue weighted by Gasteiger charge is 2.45. The lowest BCUT2D eigenvalue weighted by atomic mass is 9.69. The molecule has 0 aromatic heterocycles. The summed E-state index contributed by atoms with van der Waals surface area (Å²) in [5.41, 5.74) is 2.38. The maximum Gasteiger partial charge on any atom is 0.0682 e. The molecule has 1 rings (SSSR count). The number of aliphatic hydroxyl groups is 1. The lowest BCUT2D eigenvalue weighted by molar-refractivity contribution is -0.0245. The van der Waals surface area contributed by atoms with Gasteiger partial charge in [0.05, 0.1) is 5.60 Å². The molecule has 13 heavy (non-hydrogen) atoms. The van der Waals surface area contributed by atoms with Gasteiger partial charge in [0.15, 0.2) is 0 Å². The second-order valence-electron chi connectivity index (χ2n) is 5.00. The van der Waals surface area contributed by atoms with Gasteiger partial charge in [0.25, 0.3) is 0 Å². The third-order valence-corrected chi connectivity index (χ3v) is 3.89. The first-order chi connectivity index (χ1) is 5.83. The topological polar surface area (TPSA) is 20.2 Å². The van der Waals surface area contributed by atoms with E-state index in [-0.39, 0.29) is 5.41 Å². The summed E-state index contributed by atoms with van der Waals surface area (Å²) in [4.78, 5) is 0. The molecular formula is C12H22O. The Balaban J connectivity index is 3.07. The SMILES string of the molecule is CCC1=C(C)CCC1(C)C(C)(C)O. The standard InChI is InChI=1S/C12H22O/c1-6-10-9(2)7-8-12(10,5)11(3,4)13/h13H,6-8H2,1-5H3. The molecule has 76 valence electrons. The molecule has 0 saturated heterocycles. The Morgan fingerprint density at radius 1 is 1.46 bits per heavy atom. The number of hydrogen-bond donors (Lipinski definition) is 1. The zero-order chi connectivity index (χ0) is 10.3. The average Bonchev–Trinajstić information content (AvgIpc) is 2.27. The molecule has 0 aliphatic heterocycles. The average molecular weight is 182 g/mol. The van der Waals surface area contributed by atoms with Crippen LogP contribution in [0.1, 0.15) is 53.9 Å². The highest BCUT2D eigenvalue weighted by Crippen LogP contribution is 2.50. The largest absolute Gasteiger partial charge is 0.390 e. The van der Waals surface area contributed by atoms with E-state index in [1.165, 1.54) is 11.1 Å². The quantitative estimate of drug-likeness (QED) is 0.650. The summed E-state index contributed by atoms with van der Waals surface area (Å²) in [6, 6.07) is 0. The molecule has 1 aliphatic rings. The van der Waals surface area contributed by atoms with Crippen LogP contribution < -0.4 is 0 Å². The third-order valence-electron chi connectivity index (χ3n) is 3.89. The van der Waals surface area contributed by atoms with E-state index in [1.807, 2.05) is 13.8 Å². The van der Waals surface area contributed by atoms with E-state index in [1.54, 1.807) is 0 Å². The number of hydrogen-bond acceptors (Lipinski definition) is 1.